The van der Waals surface area contributed by atoms with E-state index >= 15 is 0 Å². The standard InChI is InChI=1S/C29H33Cl2N5O4S/c1-18-16-33-35(17-18)14-13-32-28(37)26-20-7-3-4-8-21(20)29(38)36(27(26)22-12-11-19(30)15-23(22)31)25-10-6-5-9-24(25)34-41(2,39)40/h3-4,7-8,11-12,15-18,24-27,34H,5-6,9-10,13-14H2,1-2H3/p+1/t18?,24-,25-,26+,27-/m0/s1. The summed E-state index contributed by atoms with van der Waals surface area (Å²) in [6.45, 7) is 2.87. The Kier molecular flexibility index (Phi) is 8.84. The minimum Gasteiger partial charge on any atom is -0.349 e. The Balaban J connectivity index is 1.59. The van der Waals surface area contributed by atoms with E-state index in [-0.39, 0.29) is 17.7 Å². The van der Waals surface area contributed by atoms with Gasteiger partial charge in [0.2, 0.25) is 15.9 Å². The zero-order valence-electron chi connectivity index (χ0n) is 23.0. The van der Waals surface area contributed by atoms with Crippen LogP contribution in [0.5, 0.6) is 0 Å². The Morgan fingerprint density at radius 3 is 2.59 bits per heavy atom. The van der Waals surface area contributed by atoms with Gasteiger partial charge in [0.1, 0.15) is 0 Å². The molecule has 1 unspecified atom stereocenters. The molecule has 2 amide bonds. The highest BCUT2D eigenvalue weighted by molar-refractivity contribution is 7.88. The Morgan fingerprint density at radius 1 is 1.12 bits per heavy atom. The zero-order chi connectivity index (χ0) is 29.3. The predicted molar refractivity (Wildman–Crippen MR) is 160 cm³/mol. The number of sulfonamides is 1. The van der Waals surface area contributed by atoms with Crippen LogP contribution in [0.25, 0.3) is 0 Å². The smallest absolute Gasteiger partial charge is 0.255 e. The zero-order valence-corrected chi connectivity index (χ0v) is 25.3. The molecule has 1 saturated carbocycles. The van der Waals surface area contributed by atoms with Crippen LogP contribution in [0, 0.1) is 5.92 Å². The van der Waals surface area contributed by atoms with E-state index in [1.54, 1.807) is 46.0 Å². The molecule has 0 radical (unpaired) electrons. The minimum absolute atomic E-state index is 0.232. The number of carbonyl (C=O) groups is 2. The first kappa shape index (κ1) is 29.7. The number of carbonyl (C=O) groups excluding carboxylic acids is 2. The highest BCUT2D eigenvalue weighted by Gasteiger charge is 2.49. The second kappa shape index (κ2) is 12.2. The van der Waals surface area contributed by atoms with Crippen LogP contribution in [0.15, 0.2) is 47.6 Å². The maximum Gasteiger partial charge on any atom is 0.255 e. The maximum atomic E-state index is 14.3. The van der Waals surface area contributed by atoms with E-state index in [1.807, 2.05) is 25.4 Å². The van der Waals surface area contributed by atoms with Crippen molar-refractivity contribution in [1.29, 1.82) is 0 Å². The van der Waals surface area contributed by atoms with E-state index in [9.17, 15) is 18.0 Å². The molecule has 3 aliphatic rings. The lowest BCUT2D eigenvalue weighted by Gasteiger charge is -2.49. The highest BCUT2D eigenvalue weighted by atomic mass is 35.5. The van der Waals surface area contributed by atoms with Gasteiger partial charge in [0.25, 0.3) is 5.91 Å². The van der Waals surface area contributed by atoms with Gasteiger partial charge in [-0.3, -0.25) is 9.59 Å². The van der Waals surface area contributed by atoms with Crippen molar-refractivity contribution in [3.05, 3.63) is 69.2 Å². The maximum absolute atomic E-state index is 14.3. The van der Waals surface area contributed by atoms with E-state index < -0.39 is 34.1 Å². The molecule has 1 aliphatic carbocycles. The van der Waals surface area contributed by atoms with Gasteiger partial charge in [0.05, 0.1) is 36.9 Å². The SMILES string of the molecule is CC1C=N[N+](CCNC(=O)[C@@H]2c3ccccc3C(=O)N([C@H]3CCCC[C@@H]3NS(C)(=O)=O)[C@H]2c2ccc(Cl)cc2Cl)=C1. The van der Waals surface area contributed by atoms with Crippen molar-refractivity contribution in [3.63, 3.8) is 0 Å². The number of benzene rings is 2. The molecule has 0 spiro atoms. The van der Waals surface area contributed by atoms with Crippen LogP contribution in [0.3, 0.4) is 0 Å². The second-order valence-corrected chi connectivity index (χ2v) is 13.6. The Hall–Kier alpha value is -2.79. The third-order valence-corrected chi connectivity index (χ3v) is 9.18. The van der Waals surface area contributed by atoms with Crippen molar-refractivity contribution < 1.29 is 22.7 Å². The number of hydrogen-bond donors (Lipinski definition) is 2. The molecule has 12 heteroatoms. The second-order valence-electron chi connectivity index (χ2n) is 11.0. The summed E-state index contributed by atoms with van der Waals surface area (Å²) in [4.78, 5) is 30.1. The number of halogens is 2. The summed E-state index contributed by atoms with van der Waals surface area (Å²) in [6.07, 6.45) is 7.75. The molecule has 2 aromatic carbocycles. The lowest BCUT2D eigenvalue weighted by atomic mass is 9.76. The lowest BCUT2D eigenvalue weighted by Crippen LogP contribution is -2.59. The molecule has 2 N–H and O–H groups in total. The monoisotopic (exact) mass is 618 g/mol. The fourth-order valence-corrected chi connectivity index (χ4v) is 7.55. The van der Waals surface area contributed by atoms with Crippen LogP contribution in [0.2, 0.25) is 10.0 Å². The molecule has 5 atom stereocenters. The average Bonchev–Trinajstić information content (AvgIpc) is 3.33. The molecule has 0 saturated heterocycles. The molecule has 9 nitrogen and oxygen atoms in total. The number of rotatable bonds is 8. The van der Waals surface area contributed by atoms with E-state index in [2.05, 4.69) is 15.1 Å². The third kappa shape index (κ3) is 6.51. The van der Waals surface area contributed by atoms with Gasteiger partial charge in [0, 0.05) is 27.7 Å². The van der Waals surface area contributed by atoms with Crippen LogP contribution < -0.4 is 10.0 Å². The Morgan fingerprint density at radius 2 is 1.88 bits per heavy atom. The van der Waals surface area contributed by atoms with Crippen LogP contribution in [-0.4, -0.2) is 73.7 Å². The summed E-state index contributed by atoms with van der Waals surface area (Å²) >= 11 is 13.0. The van der Waals surface area contributed by atoms with E-state index in [4.69, 9.17) is 23.2 Å². The van der Waals surface area contributed by atoms with Gasteiger partial charge in [-0.25, -0.2) is 13.1 Å². The van der Waals surface area contributed by atoms with Gasteiger partial charge in [-0.15, -0.1) is 0 Å². The quantitative estimate of drug-likeness (QED) is 0.436. The molecular formula is C29H34Cl2N5O4S+. The van der Waals surface area contributed by atoms with Crippen molar-refractivity contribution >= 4 is 57.5 Å². The third-order valence-electron chi connectivity index (χ3n) is 7.89. The fraction of sp³-hybridized carbons (Fsp3) is 0.448. The molecule has 5 rings (SSSR count). The summed E-state index contributed by atoms with van der Waals surface area (Å²) in [6, 6.07) is 10.4. The van der Waals surface area contributed by atoms with Gasteiger partial charge < -0.3 is 10.2 Å². The van der Waals surface area contributed by atoms with Crippen molar-refractivity contribution in [1.82, 2.24) is 14.9 Å². The topological polar surface area (TPSA) is 111 Å². The molecule has 0 bridgehead atoms. The average molecular weight is 620 g/mol. The van der Waals surface area contributed by atoms with Gasteiger partial charge in [-0.05, 0) is 54.2 Å². The molecule has 1 fully saturated rings. The molecular weight excluding hydrogens is 585 g/mol. The summed E-state index contributed by atoms with van der Waals surface area (Å²) in [5, 5.41) is 8.15. The summed E-state index contributed by atoms with van der Waals surface area (Å²) < 4.78 is 29.2. The molecule has 2 aliphatic heterocycles. The molecule has 0 aromatic heterocycles. The first-order chi connectivity index (χ1) is 19.5. The van der Waals surface area contributed by atoms with Gasteiger partial charge in [0.15, 0.2) is 12.8 Å². The number of fused-ring (bicyclic) bond motifs is 1. The summed E-state index contributed by atoms with van der Waals surface area (Å²) in [5.41, 5.74) is 1.60. The highest BCUT2D eigenvalue weighted by Crippen LogP contribution is 2.47. The van der Waals surface area contributed by atoms with Crippen LogP contribution in [0.4, 0.5) is 0 Å². The number of hydrogen-bond acceptors (Lipinski definition) is 5. The first-order valence-corrected chi connectivity index (χ1v) is 16.5. The Bertz CT molecular complexity index is 1510. The summed E-state index contributed by atoms with van der Waals surface area (Å²) in [5.74, 6) is -1.09. The largest absolute Gasteiger partial charge is 0.349 e. The van der Waals surface area contributed by atoms with Crippen molar-refractivity contribution in [3.8, 4) is 0 Å². The number of amides is 2. The Labute approximate surface area is 250 Å². The van der Waals surface area contributed by atoms with Gasteiger partial charge in [-0.1, -0.05) is 65.0 Å². The van der Waals surface area contributed by atoms with E-state index in [1.165, 1.54) is 0 Å². The summed E-state index contributed by atoms with van der Waals surface area (Å²) in [7, 11) is -3.55. The molecule has 2 heterocycles. The van der Waals surface area contributed by atoms with Crippen molar-refractivity contribution in [2.24, 2.45) is 11.0 Å². The van der Waals surface area contributed by atoms with E-state index in [0.717, 1.165) is 19.1 Å². The molecule has 41 heavy (non-hydrogen) atoms. The molecule has 2 aromatic rings. The number of hydrazone groups is 1. The number of nitrogens with zero attached hydrogens (tertiary/aromatic N) is 3. The van der Waals surface area contributed by atoms with Crippen LogP contribution in [0.1, 0.15) is 66.1 Å². The van der Waals surface area contributed by atoms with Crippen LogP contribution >= 0.6 is 23.2 Å². The minimum atomic E-state index is -3.55. The lowest BCUT2D eigenvalue weighted by molar-refractivity contribution is -0.524. The van der Waals surface area contributed by atoms with Gasteiger partial charge >= 0.3 is 0 Å². The number of nitrogens with one attached hydrogen (secondary N) is 2. The normalized spacial score (nSPS) is 26.0. The van der Waals surface area contributed by atoms with Crippen molar-refractivity contribution in [2.45, 2.75) is 56.7 Å². The fourth-order valence-electron chi connectivity index (χ4n) is 6.20. The van der Waals surface area contributed by atoms with E-state index in [0.29, 0.717) is 52.7 Å². The first-order valence-electron chi connectivity index (χ1n) is 13.8. The predicted octanol–water partition coefficient (Wildman–Crippen LogP) is 3.97. The van der Waals surface area contributed by atoms with Gasteiger partial charge in [-0.2, -0.15) is 0 Å². The van der Waals surface area contributed by atoms with Crippen LogP contribution in [-0.2, 0) is 14.8 Å². The van der Waals surface area contributed by atoms with Crippen molar-refractivity contribution in [2.75, 3.05) is 19.3 Å². The molecule has 218 valence electrons.